The van der Waals surface area contributed by atoms with Gasteiger partial charge in [0, 0.05) is 0 Å². The second-order valence-corrected chi connectivity index (χ2v) is 5.71. The summed E-state index contributed by atoms with van der Waals surface area (Å²) in [5, 5.41) is 31.7. The lowest BCUT2D eigenvalue weighted by atomic mass is 10.3. The van der Waals surface area contributed by atoms with Crippen LogP contribution in [0.2, 0.25) is 0 Å². The van der Waals surface area contributed by atoms with Gasteiger partial charge < -0.3 is 5.11 Å². The minimum absolute atomic E-state index is 0.0466. The fourth-order valence-corrected chi connectivity index (χ4v) is 2.54. The summed E-state index contributed by atoms with van der Waals surface area (Å²) in [5.41, 5.74) is 4.21. The molecule has 2 N–H and O–H groups in total. The molecule has 8 heteroatoms. The number of hydrogen-bond acceptors (Lipinski definition) is 8. The molecule has 0 radical (unpaired) electrons. The zero-order valence-electron chi connectivity index (χ0n) is 12.9. The van der Waals surface area contributed by atoms with Crippen LogP contribution in [-0.2, 0) is 0 Å². The lowest BCUT2D eigenvalue weighted by Gasteiger charge is -1.98. The lowest BCUT2D eigenvalue weighted by Crippen LogP contribution is -2.00. The van der Waals surface area contributed by atoms with Gasteiger partial charge in [0.05, 0.1) is 11.4 Å². The van der Waals surface area contributed by atoms with Crippen LogP contribution >= 0.6 is 11.3 Å². The van der Waals surface area contributed by atoms with E-state index in [2.05, 4.69) is 25.7 Å². The van der Waals surface area contributed by atoms with Gasteiger partial charge in [0.1, 0.15) is 6.07 Å². The summed E-state index contributed by atoms with van der Waals surface area (Å²) < 4.78 is 0. The number of thiazole rings is 1. The molecule has 122 valence electrons. The molecule has 0 aliphatic carbocycles. The number of hydrazone groups is 1. The topological polar surface area (TPSA) is 106 Å². The highest BCUT2D eigenvalue weighted by atomic mass is 32.1. The van der Waals surface area contributed by atoms with Crippen molar-refractivity contribution in [3.63, 3.8) is 0 Å². The number of rotatable bonds is 5. The molecular formula is C17H12N6OS. The number of nitriles is 1. The largest absolute Gasteiger partial charge is 0.491 e. The van der Waals surface area contributed by atoms with Gasteiger partial charge in [-0.25, -0.2) is 0 Å². The minimum Gasteiger partial charge on any atom is -0.491 e. The minimum atomic E-state index is -0.289. The van der Waals surface area contributed by atoms with Gasteiger partial charge in [0.15, 0.2) is 10.7 Å². The van der Waals surface area contributed by atoms with Gasteiger partial charge in [0.2, 0.25) is 5.00 Å². The maximum Gasteiger partial charge on any atom is 0.251 e. The quantitative estimate of drug-likeness (QED) is 0.399. The maximum atomic E-state index is 9.90. The van der Waals surface area contributed by atoms with Crippen molar-refractivity contribution in [3.05, 3.63) is 65.7 Å². The molecular weight excluding hydrogens is 336 g/mol. The van der Waals surface area contributed by atoms with Crippen LogP contribution in [0.5, 0.6) is 5.88 Å². The molecule has 0 fully saturated rings. The van der Waals surface area contributed by atoms with Crippen molar-refractivity contribution < 1.29 is 5.11 Å². The number of azo groups is 1. The van der Waals surface area contributed by atoms with Crippen molar-refractivity contribution in [2.75, 3.05) is 5.43 Å². The average Bonchev–Trinajstić information content (AvgIpc) is 3.03. The number of benzene rings is 2. The Morgan fingerprint density at radius 1 is 1.04 bits per heavy atom. The Hall–Kier alpha value is -3.57. The highest BCUT2D eigenvalue weighted by Crippen LogP contribution is 2.34. The van der Waals surface area contributed by atoms with E-state index >= 15 is 0 Å². The third-order valence-electron chi connectivity index (χ3n) is 2.98. The number of para-hydroxylation sites is 1. The van der Waals surface area contributed by atoms with E-state index in [0.717, 1.165) is 17.0 Å². The first kappa shape index (κ1) is 16.3. The van der Waals surface area contributed by atoms with E-state index in [0.29, 0.717) is 5.69 Å². The molecule has 0 saturated heterocycles. The number of nitrogens with one attached hydrogen (secondary N) is 1. The van der Waals surface area contributed by atoms with Gasteiger partial charge in [-0.2, -0.15) is 15.3 Å². The molecule has 2 aromatic carbocycles. The molecule has 3 aromatic rings. The molecule has 0 saturated carbocycles. The molecule has 0 atom stereocenters. The van der Waals surface area contributed by atoms with Crippen molar-refractivity contribution in [2.24, 2.45) is 15.3 Å². The van der Waals surface area contributed by atoms with Gasteiger partial charge in [-0.05, 0) is 24.3 Å². The van der Waals surface area contributed by atoms with Crippen LogP contribution < -0.4 is 5.43 Å². The number of anilines is 1. The van der Waals surface area contributed by atoms with E-state index in [4.69, 9.17) is 0 Å². The average molecular weight is 348 g/mol. The summed E-state index contributed by atoms with van der Waals surface area (Å²) in [4.78, 5) is 3.93. The molecule has 1 aromatic heterocycles. The highest BCUT2D eigenvalue weighted by molar-refractivity contribution is 7.17. The van der Waals surface area contributed by atoms with Gasteiger partial charge in [-0.3, -0.25) is 5.43 Å². The summed E-state index contributed by atoms with van der Waals surface area (Å²) in [6.45, 7) is 0. The highest BCUT2D eigenvalue weighted by Gasteiger charge is 2.15. The molecule has 0 amide bonds. The van der Waals surface area contributed by atoms with Gasteiger partial charge in [0.25, 0.3) is 5.88 Å². The van der Waals surface area contributed by atoms with Gasteiger partial charge in [-0.15, -0.1) is 10.2 Å². The third kappa shape index (κ3) is 4.25. The zero-order chi connectivity index (χ0) is 17.5. The van der Waals surface area contributed by atoms with Crippen LogP contribution in [0.25, 0.3) is 0 Å². The van der Waals surface area contributed by atoms with Crippen LogP contribution in [0, 0.1) is 11.3 Å². The summed E-state index contributed by atoms with van der Waals surface area (Å²) in [6, 6.07) is 20.3. The second kappa shape index (κ2) is 7.81. The predicted molar refractivity (Wildman–Crippen MR) is 96.6 cm³/mol. The number of aromatic hydroxyl groups is 1. The van der Waals surface area contributed by atoms with Crippen molar-refractivity contribution >= 4 is 33.4 Å². The third-order valence-corrected chi connectivity index (χ3v) is 3.92. The van der Waals surface area contributed by atoms with Gasteiger partial charge in [-0.1, -0.05) is 47.7 Å². The molecule has 7 nitrogen and oxygen atoms in total. The maximum absolute atomic E-state index is 9.90. The van der Waals surface area contributed by atoms with Crippen LogP contribution in [0.4, 0.5) is 16.4 Å². The summed E-state index contributed by atoms with van der Waals surface area (Å²) >= 11 is 1.03. The van der Waals surface area contributed by atoms with Crippen molar-refractivity contribution in [2.45, 2.75) is 0 Å². The standard InChI is InChI=1S/C17H12N6OS/c18-11-14(22-20-12-7-3-1-4-8-12)16-19-15(24)17(25-16)23-21-13-9-5-2-6-10-13/h1-10,20,24H/b22-14-,23-21?. The summed E-state index contributed by atoms with van der Waals surface area (Å²) in [7, 11) is 0. The van der Waals surface area contributed by atoms with E-state index in [9.17, 15) is 10.4 Å². The van der Waals surface area contributed by atoms with E-state index in [-0.39, 0.29) is 21.6 Å². The van der Waals surface area contributed by atoms with Crippen LogP contribution in [-0.4, -0.2) is 15.8 Å². The van der Waals surface area contributed by atoms with Crippen molar-refractivity contribution in [3.8, 4) is 11.9 Å². The molecule has 0 bridgehead atoms. The first-order chi connectivity index (χ1) is 12.3. The summed E-state index contributed by atoms with van der Waals surface area (Å²) in [5.74, 6) is -0.289. The zero-order valence-corrected chi connectivity index (χ0v) is 13.7. The summed E-state index contributed by atoms with van der Waals surface area (Å²) in [6.07, 6.45) is 0. The Morgan fingerprint density at radius 2 is 1.72 bits per heavy atom. The number of hydrogen-bond donors (Lipinski definition) is 2. The molecule has 0 aliphatic rings. The molecule has 0 aliphatic heterocycles. The first-order valence-corrected chi connectivity index (χ1v) is 8.03. The second-order valence-electron chi connectivity index (χ2n) is 4.73. The van der Waals surface area contributed by atoms with Crippen molar-refractivity contribution in [1.82, 2.24) is 4.98 Å². The normalized spacial score (nSPS) is 11.4. The first-order valence-electron chi connectivity index (χ1n) is 7.22. The monoisotopic (exact) mass is 348 g/mol. The lowest BCUT2D eigenvalue weighted by molar-refractivity contribution is 0.458. The molecule has 0 spiro atoms. The van der Waals surface area contributed by atoms with Crippen LogP contribution in [0.15, 0.2) is 76.0 Å². The fraction of sp³-hybridized carbons (Fsp3) is 0. The molecule has 3 rings (SSSR count). The Labute approximate surface area is 147 Å². The predicted octanol–water partition coefficient (Wildman–Crippen LogP) is 4.60. The molecule has 25 heavy (non-hydrogen) atoms. The molecule has 0 unspecified atom stereocenters. The Bertz CT molecular complexity index is 944. The van der Waals surface area contributed by atoms with E-state index in [1.54, 1.807) is 12.1 Å². The van der Waals surface area contributed by atoms with Crippen LogP contribution in [0.1, 0.15) is 5.01 Å². The number of aromatic nitrogens is 1. The Kier molecular flexibility index (Phi) is 5.09. The van der Waals surface area contributed by atoms with E-state index in [1.165, 1.54) is 0 Å². The smallest absolute Gasteiger partial charge is 0.251 e. The Balaban J connectivity index is 1.80. The van der Waals surface area contributed by atoms with Crippen LogP contribution in [0.3, 0.4) is 0 Å². The van der Waals surface area contributed by atoms with E-state index in [1.807, 2.05) is 54.6 Å². The Morgan fingerprint density at radius 3 is 2.40 bits per heavy atom. The fourth-order valence-electron chi connectivity index (χ4n) is 1.82. The SMILES string of the molecule is N#C/C(=N/Nc1ccccc1)c1nc(O)c(N=Nc2ccccc2)s1. The van der Waals surface area contributed by atoms with E-state index < -0.39 is 0 Å². The van der Waals surface area contributed by atoms with Crippen molar-refractivity contribution in [1.29, 1.82) is 5.26 Å². The molecule has 1 heterocycles. The van der Waals surface area contributed by atoms with Gasteiger partial charge >= 0.3 is 0 Å². The number of nitrogens with zero attached hydrogens (tertiary/aromatic N) is 5.